The third-order valence-electron chi connectivity index (χ3n) is 4.50. The standard InChI is InChI=1S/C20H21N3O5/c1-2-28-20(25)15-11-14(12-16(13-15)23(26)27)19(24)21-17-7-3-4-8-18(17)22-9-5-6-10-22/h3-4,7-8,11-13H,2,5-6,9-10H2,1H3,(H,21,24). The Morgan fingerprint density at radius 2 is 1.82 bits per heavy atom. The molecule has 8 nitrogen and oxygen atoms in total. The van der Waals surface area contributed by atoms with Crippen molar-refractivity contribution in [2.75, 3.05) is 29.9 Å². The molecule has 0 aliphatic carbocycles. The molecule has 1 heterocycles. The number of ether oxygens (including phenoxy) is 1. The summed E-state index contributed by atoms with van der Waals surface area (Å²) in [5.74, 6) is -1.24. The van der Waals surface area contributed by atoms with Gasteiger partial charge in [-0.25, -0.2) is 4.79 Å². The lowest BCUT2D eigenvalue weighted by Crippen LogP contribution is -2.21. The van der Waals surface area contributed by atoms with E-state index in [1.54, 1.807) is 13.0 Å². The molecule has 0 atom stereocenters. The number of hydrogen-bond acceptors (Lipinski definition) is 6. The van der Waals surface area contributed by atoms with Crippen molar-refractivity contribution in [3.63, 3.8) is 0 Å². The summed E-state index contributed by atoms with van der Waals surface area (Å²) in [6.07, 6.45) is 2.19. The van der Waals surface area contributed by atoms with Crippen LogP contribution < -0.4 is 10.2 Å². The van der Waals surface area contributed by atoms with Gasteiger partial charge in [0.15, 0.2) is 0 Å². The molecule has 1 aliphatic rings. The van der Waals surface area contributed by atoms with Gasteiger partial charge in [-0.3, -0.25) is 14.9 Å². The molecule has 0 spiro atoms. The molecule has 1 N–H and O–H groups in total. The third-order valence-corrected chi connectivity index (χ3v) is 4.50. The Bertz CT molecular complexity index is 906. The van der Waals surface area contributed by atoms with Crippen LogP contribution in [-0.2, 0) is 4.74 Å². The van der Waals surface area contributed by atoms with Crippen molar-refractivity contribution in [1.82, 2.24) is 0 Å². The summed E-state index contributed by atoms with van der Waals surface area (Å²) in [5.41, 5.74) is 1.18. The van der Waals surface area contributed by atoms with E-state index >= 15 is 0 Å². The van der Waals surface area contributed by atoms with Crippen LogP contribution in [-0.4, -0.2) is 36.5 Å². The number of nitrogens with one attached hydrogen (secondary N) is 1. The van der Waals surface area contributed by atoms with Crippen LogP contribution in [0.1, 0.15) is 40.5 Å². The average molecular weight is 383 g/mol. The SMILES string of the molecule is CCOC(=O)c1cc(C(=O)Nc2ccccc2N2CCCC2)cc([N+](=O)[O-])c1. The number of nitro groups is 1. The summed E-state index contributed by atoms with van der Waals surface area (Å²) in [7, 11) is 0. The minimum absolute atomic E-state index is 0.0217. The van der Waals surface area contributed by atoms with Crippen molar-refractivity contribution in [2.45, 2.75) is 19.8 Å². The molecule has 2 aromatic rings. The number of benzene rings is 2. The highest BCUT2D eigenvalue weighted by molar-refractivity contribution is 6.07. The van der Waals surface area contributed by atoms with Gasteiger partial charge in [0.2, 0.25) is 0 Å². The number of carbonyl (C=O) groups excluding carboxylic acids is 2. The van der Waals surface area contributed by atoms with Gasteiger partial charge in [-0.15, -0.1) is 0 Å². The number of amides is 1. The van der Waals surface area contributed by atoms with E-state index in [1.165, 1.54) is 6.07 Å². The quantitative estimate of drug-likeness (QED) is 0.464. The van der Waals surface area contributed by atoms with Gasteiger partial charge in [0.05, 0.1) is 28.5 Å². The Balaban J connectivity index is 1.90. The molecule has 1 saturated heterocycles. The maximum atomic E-state index is 12.8. The first kappa shape index (κ1) is 19.3. The second-order valence-electron chi connectivity index (χ2n) is 6.41. The number of hydrogen-bond donors (Lipinski definition) is 1. The third kappa shape index (κ3) is 4.28. The number of anilines is 2. The molecule has 1 amide bonds. The number of esters is 1. The summed E-state index contributed by atoms with van der Waals surface area (Å²) < 4.78 is 4.90. The van der Waals surface area contributed by atoms with Gasteiger partial charge in [-0.05, 0) is 38.0 Å². The molecule has 146 valence electrons. The van der Waals surface area contributed by atoms with Crippen molar-refractivity contribution in [3.05, 3.63) is 63.7 Å². The summed E-state index contributed by atoms with van der Waals surface area (Å²) in [5, 5.41) is 14.0. The van der Waals surface area contributed by atoms with E-state index in [0.717, 1.165) is 43.8 Å². The first-order chi connectivity index (χ1) is 13.5. The normalized spacial score (nSPS) is 13.2. The first-order valence-corrected chi connectivity index (χ1v) is 9.11. The number of non-ortho nitro benzene ring substituents is 1. The maximum absolute atomic E-state index is 12.8. The summed E-state index contributed by atoms with van der Waals surface area (Å²) in [6, 6.07) is 11.0. The largest absolute Gasteiger partial charge is 0.462 e. The molecule has 1 fully saturated rings. The van der Waals surface area contributed by atoms with Crippen LogP contribution in [0.4, 0.5) is 17.1 Å². The molecule has 1 aliphatic heterocycles. The monoisotopic (exact) mass is 383 g/mol. The average Bonchev–Trinajstić information content (AvgIpc) is 3.22. The van der Waals surface area contributed by atoms with E-state index in [1.807, 2.05) is 18.2 Å². The Morgan fingerprint density at radius 3 is 2.50 bits per heavy atom. The topological polar surface area (TPSA) is 102 Å². The summed E-state index contributed by atoms with van der Waals surface area (Å²) >= 11 is 0. The number of nitro benzene ring substituents is 1. The zero-order valence-electron chi connectivity index (χ0n) is 15.5. The van der Waals surface area contributed by atoms with Gasteiger partial charge >= 0.3 is 5.97 Å². The van der Waals surface area contributed by atoms with Gasteiger partial charge in [0.25, 0.3) is 11.6 Å². The van der Waals surface area contributed by atoms with Crippen LogP contribution in [0.3, 0.4) is 0 Å². The Morgan fingerprint density at radius 1 is 1.14 bits per heavy atom. The Kier molecular flexibility index (Phi) is 5.88. The van der Waals surface area contributed by atoms with E-state index in [-0.39, 0.29) is 23.4 Å². The van der Waals surface area contributed by atoms with Crippen molar-refractivity contribution in [1.29, 1.82) is 0 Å². The lowest BCUT2D eigenvalue weighted by atomic mass is 10.1. The van der Waals surface area contributed by atoms with E-state index in [9.17, 15) is 19.7 Å². The number of para-hydroxylation sites is 2. The fraction of sp³-hybridized carbons (Fsp3) is 0.300. The van der Waals surface area contributed by atoms with Crippen LogP contribution in [0.25, 0.3) is 0 Å². The zero-order valence-corrected chi connectivity index (χ0v) is 15.5. The number of rotatable bonds is 6. The molecule has 3 rings (SSSR count). The lowest BCUT2D eigenvalue weighted by molar-refractivity contribution is -0.384. The first-order valence-electron chi connectivity index (χ1n) is 9.11. The minimum atomic E-state index is -0.710. The predicted octanol–water partition coefficient (Wildman–Crippen LogP) is 3.62. The zero-order chi connectivity index (χ0) is 20.1. The van der Waals surface area contributed by atoms with Gasteiger partial charge in [0.1, 0.15) is 0 Å². The van der Waals surface area contributed by atoms with Gasteiger partial charge in [-0.2, -0.15) is 0 Å². The fourth-order valence-corrected chi connectivity index (χ4v) is 3.19. The van der Waals surface area contributed by atoms with Crippen LogP contribution in [0.2, 0.25) is 0 Å². The fourth-order valence-electron chi connectivity index (χ4n) is 3.19. The van der Waals surface area contributed by atoms with Crippen LogP contribution in [0.5, 0.6) is 0 Å². The minimum Gasteiger partial charge on any atom is -0.462 e. The molecular formula is C20H21N3O5. The molecule has 0 aromatic heterocycles. The molecule has 0 bridgehead atoms. The summed E-state index contributed by atoms with van der Waals surface area (Å²) in [6.45, 7) is 3.60. The number of carbonyl (C=O) groups is 2. The van der Waals surface area contributed by atoms with E-state index in [2.05, 4.69) is 10.2 Å². The smallest absolute Gasteiger partial charge is 0.338 e. The molecular weight excluding hydrogens is 362 g/mol. The van der Waals surface area contributed by atoms with Crippen molar-refractivity contribution < 1.29 is 19.2 Å². The van der Waals surface area contributed by atoms with E-state index in [0.29, 0.717) is 5.69 Å². The maximum Gasteiger partial charge on any atom is 0.338 e. The van der Waals surface area contributed by atoms with Gasteiger partial charge < -0.3 is 15.0 Å². The second-order valence-corrected chi connectivity index (χ2v) is 6.41. The van der Waals surface area contributed by atoms with Crippen LogP contribution in [0, 0.1) is 10.1 Å². The summed E-state index contributed by atoms with van der Waals surface area (Å²) in [4.78, 5) is 37.5. The molecule has 0 unspecified atom stereocenters. The van der Waals surface area contributed by atoms with Crippen molar-refractivity contribution >= 4 is 28.9 Å². The Labute approximate surface area is 162 Å². The van der Waals surface area contributed by atoms with Gasteiger partial charge in [-0.1, -0.05) is 12.1 Å². The van der Waals surface area contributed by atoms with Crippen LogP contribution in [0.15, 0.2) is 42.5 Å². The van der Waals surface area contributed by atoms with E-state index in [4.69, 9.17) is 4.74 Å². The highest BCUT2D eigenvalue weighted by Gasteiger charge is 2.21. The van der Waals surface area contributed by atoms with Crippen LogP contribution >= 0.6 is 0 Å². The van der Waals surface area contributed by atoms with Crippen molar-refractivity contribution in [3.8, 4) is 0 Å². The van der Waals surface area contributed by atoms with Gasteiger partial charge in [0, 0.05) is 30.8 Å². The predicted molar refractivity (Wildman–Crippen MR) is 105 cm³/mol. The molecule has 2 aromatic carbocycles. The highest BCUT2D eigenvalue weighted by Crippen LogP contribution is 2.29. The molecule has 28 heavy (non-hydrogen) atoms. The molecule has 8 heteroatoms. The second kappa shape index (κ2) is 8.51. The van der Waals surface area contributed by atoms with E-state index < -0.39 is 16.8 Å². The number of nitrogens with zero attached hydrogens (tertiary/aromatic N) is 2. The van der Waals surface area contributed by atoms with Crippen molar-refractivity contribution in [2.24, 2.45) is 0 Å². The highest BCUT2D eigenvalue weighted by atomic mass is 16.6. The molecule has 0 radical (unpaired) electrons. The molecule has 0 saturated carbocycles. The lowest BCUT2D eigenvalue weighted by Gasteiger charge is -2.21. The Hall–Kier alpha value is -3.42.